The van der Waals surface area contributed by atoms with Crippen molar-refractivity contribution in [2.45, 2.75) is 33.1 Å². The van der Waals surface area contributed by atoms with Crippen LogP contribution < -0.4 is 0 Å². The third-order valence-electron chi connectivity index (χ3n) is 0.612. The summed E-state index contributed by atoms with van der Waals surface area (Å²) in [4.78, 5) is 0. The molecular weight excluding hydrogens is 323 g/mol. The van der Waals surface area contributed by atoms with Crippen molar-refractivity contribution in [2.75, 3.05) is 0 Å². The molecule has 9 heavy (non-hydrogen) atoms. The average Bonchev–Trinajstić information content (AvgIpc) is 1.14. The van der Waals surface area contributed by atoms with Crippen LogP contribution in [0.25, 0.3) is 0 Å². The first kappa shape index (κ1) is 10.1. The van der Waals surface area contributed by atoms with Crippen molar-refractivity contribution in [3.63, 3.8) is 0 Å². The van der Waals surface area contributed by atoms with Gasteiger partial charge in [0.15, 0.2) is 0 Å². The molecule has 0 aliphatic carbocycles. The van der Waals surface area contributed by atoms with Gasteiger partial charge < -0.3 is 0 Å². The van der Waals surface area contributed by atoms with Crippen LogP contribution in [-0.4, -0.2) is 29.9 Å². The quantitative estimate of drug-likeness (QED) is 0.702. The zero-order valence-corrected chi connectivity index (χ0v) is 12.3. The Bertz CT molecular complexity index is 78.2. The van der Waals surface area contributed by atoms with E-state index in [0.29, 0.717) is 0 Å². The van der Waals surface area contributed by atoms with Crippen LogP contribution in [0.2, 0.25) is 33.1 Å². The second-order valence-corrected chi connectivity index (χ2v) is 27.6. The van der Waals surface area contributed by atoms with E-state index in [1.165, 1.54) is 0 Å². The predicted molar refractivity (Wildman–Crippen MR) is 47.8 cm³/mol. The van der Waals surface area contributed by atoms with Crippen molar-refractivity contribution in [1.82, 2.24) is 0 Å². The van der Waals surface area contributed by atoms with Gasteiger partial charge in [0, 0.05) is 0 Å². The summed E-state index contributed by atoms with van der Waals surface area (Å²) < 4.78 is 13.0. The molecule has 1 nitrogen and oxygen atoms in total. The summed E-state index contributed by atoms with van der Waals surface area (Å²) in [5.41, 5.74) is 0. The van der Waals surface area contributed by atoms with Gasteiger partial charge in [-0.25, -0.2) is 0 Å². The van der Waals surface area contributed by atoms with Crippen LogP contribution >= 0.6 is 0 Å². The van der Waals surface area contributed by atoms with Gasteiger partial charge in [-0.1, -0.05) is 0 Å². The molecule has 0 N–H and O–H groups in total. The molecule has 0 atom stereocenters. The van der Waals surface area contributed by atoms with Gasteiger partial charge in [-0.05, 0) is 0 Å². The molecule has 0 radical (unpaired) electrons. The molecular formula is C6H18OPbSi. The van der Waals surface area contributed by atoms with E-state index >= 15 is 0 Å². The van der Waals surface area contributed by atoms with E-state index < -0.39 is 29.9 Å². The first-order valence-electron chi connectivity index (χ1n) is 3.41. The predicted octanol–water partition coefficient (Wildman–Crippen LogP) is 2.67. The fourth-order valence-corrected chi connectivity index (χ4v) is 24.2. The Hall–Kier alpha value is 1.10. The molecule has 0 aromatic carbocycles. The van der Waals surface area contributed by atoms with Crippen molar-refractivity contribution >= 4 is 29.9 Å². The van der Waals surface area contributed by atoms with Crippen LogP contribution in [0.1, 0.15) is 0 Å². The summed E-state index contributed by atoms with van der Waals surface area (Å²) in [6.07, 6.45) is 0. The Kier molecular flexibility index (Phi) is 3.37. The monoisotopic (exact) mass is 342 g/mol. The van der Waals surface area contributed by atoms with Crippen LogP contribution in [-0.2, 0) is 2.38 Å². The van der Waals surface area contributed by atoms with Crippen LogP contribution in [0, 0.1) is 0 Å². The second-order valence-electron chi connectivity index (χ2n) is 4.33. The first-order valence-corrected chi connectivity index (χ1v) is 20.1. The van der Waals surface area contributed by atoms with E-state index in [4.69, 9.17) is 2.38 Å². The molecule has 0 saturated carbocycles. The fraction of sp³-hybridized carbons (Fsp3) is 1.00. The molecule has 0 unspecified atom stereocenters. The molecule has 0 saturated heterocycles. The molecule has 0 rings (SSSR count). The van der Waals surface area contributed by atoms with Crippen molar-refractivity contribution < 1.29 is 2.38 Å². The van der Waals surface area contributed by atoms with Gasteiger partial charge in [-0.15, -0.1) is 0 Å². The van der Waals surface area contributed by atoms with E-state index in [9.17, 15) is 0 Å². The van der Waals surface area contributed by atoms with E-state index in [-0.39, 0.29) is 0 Å². The third kappa shape index (κ3) is 9.10. The van der Waals surface area contributed by atoms with Gasteiger partial charge in [0.1, 0.15) is 0 Å². The van der Waals surface area contributed by atoms with Gasteiger partial charge in [-0.3, -0.25) is 0 Å². The van der Waals surface area contributed by atoms with Crippen molar-refractivity contribution in [3.05, 3.63) is 0 Å². The summed E-state index contributed by atoms with van der Waals surface area (Å²) in [6, 6.07) is 0. The molecule has 0 fully saturated rings. The average molecular weight is 341 g/mol. The van der Waals surface area contributed by atoms with Gasteiger partial charge in [0.25, 0.3) is 0 Å². The molecule has 3 heteroatoms. The van der Waals surface area contributed by atoms with Crippen LogP contribution in [0.5, 0.6) is 0 Å². The van der Waals surface area contributed by atoms with Crippen molar-refractivity contribution in [3.8, 4) is 0 Å². The molecule has 0 aromatic rings. The normalized spacial score (nSPS) is 14.0. The van der Waals surface area contributed by atoms with E-state index in [2.05, 4.69) is 33.1 Å². The van der Waals surface area contributed by atoms with Crippen molar-refractivity contribution in [2.24, 2.45) is 0 Å². The van der Waals surface area contributed by atoms with Gasteiger partial charge >= 0.3 is 65.4 Å². The van der Waals surface area contributed by atoms with E-state index in [1.807, 2.05) is 0 Å². The van der Waals surface area contributed by atoms with Crippen LogP contribution in [0.15, 0.2) is 0 Å². The number of rotatable bonds is 2. The Morgan fingerprint density at radius 3 is 1.33 bits per heavy atom. The summed E-state index contributed by atoms with van der Waals surface area (Å²) in [6.45, 7) is 6.79. The maximum atomic E-state index is 5.99. The molecule has 0 bridgehead atoms. The van der Waals surface area contributed by atoms with E-state index in [1.54, 1.807) is 0 Å². The zero-order chi connectivity index (χ0) is 7.71. The zero-order valence-electron chi connectivity index (χ0n) is 7.41. The maximum absolute atomic E-state index is 5.99. The van der Waals surface area contributed by atoms with Gasteiger partial charge in [0.2, 0.25) is 0 Å². The van der Waals surface area contributed by atoms with Crippen molar-refractivity contribution in [1.29, 1.82) is 0 Å². The van der Waals surface area contributed by atoms with Gasteiger partial charge in [0.05, 0.1) is 0 Å². The number of hydrogen-bond donors (Lipinski definition) is 0. The molecule has 56 valence electrons. The fourth-order valence-electron chi connectivity index (χ4n) is 0.919. The first-order chi connectivity index (χ1) is 3.71. The minimum atomic E-state index is -2.00. The summed E-state index contributed by atoms with van der Waals surface area (Å²) in [5, 5.41) is 0. The number of hydrogen-bond acceptors (Lipinski definition) is 1. The van der Waals surface area contributed by atoms with E-state index in [0.717, 1.165) is 0 Å². The van der Waals surface area contributed by atoms with Crippen LogP contribution in [0.4, 0.5) is 0 Å². The second kappa shape index (κ2) is 3.00. The van der Waals surface area contributed by atoms with Gasteiger partial charge in [-0.2, -0.15) is 0 Å². The third-order valence-corrected chi connectivity index (χ3v) is 16.1. The SMILES string of the molecule is C[Si](C)(C)[O][Pb]([CH3])([CH3])[CH3]. The molecule has 0 aromatic heterocycles. The summed E-state index contributed by atoms with van der Waals surface area (Å²) in [7, 11) is -1.19. The molecule has 0 heterocycles. The Morgan fingerprint density at radius 1 is 1.00 bits per heavy atom. The molecule has 0 aliphatic rings. The molecule has 0 spiro atoms. The Labute approximate surface area is 65.2 Å². The standard InChI is InChI=1S/C3H9OSi.3CH3.Pb/c1-5(2,3)4;;;;/h1-3H3;3*1H3;/q-1;;;;+1. The molecule has 0 aliphatic heterocycles. The summed E-state index contributed by atoms with van der Waals surface area (Å²) in [5.74, 6) is 0. The topological polar surface area (TPSA) is 9.23 Å². The minimum absolute atomic E-state index is 1.19. The van der Waals surface area contributed by atoms with Crippen LogP contribution in [0.3, 0.4) is 0 Å². The molecule has 0 amide bonds. The Morgan fingerprint density at radius 2 is 1.33 bits per heavy atom. The summed E-state index contributed by atoms with van der Waals surface area (Å²) >= 11 is -2.00. The Balaban J connectivity index is 3.75.